The third-order valence-electron chi connectivity index (χ3n) is 5.12. The van der Waals surface area contributed by atoms with Gasteiger partial charge in [-0.3, -0.25) is 4.79 Å². The molecule has 2 fully saturated rings. The highest BCUT2D eigenvalue weighted by Gasteiger charge is 2.41. The van der Waals surface area contributed by atoms with Gasteiger partial charge >= 0.3 is 5.97 Å². The highest BCUT2D eigenvalue weighted by molar-refractivity contribution is 6.32. The van der Waals surface area contributed by atoms with Crippen LogP contribution in [0, 0.1) is 0 Å². The minimum Gasteiger partial charge on any atom is -0.479 e. The quantitative estimate of drug-likeness (QED) is 0.824. The number of aliphatic carboxylic acids is 1. The number of para-hydroxylation sites is 1. The Labute approximate surface area is 160 Å². The number of likely N-dealkylation sites (tertiary alicyclic amines) is 1. The summed E-state index contributed by atoms with van der Waals surface area (Å²) < 4.78 is 1.63. The molecule has 2 aliphatic rings. The lowest BCUT2D eigenvalue weighted by Crippen LogP contribution is -2.51. The van der Waals surface area contributed by atoms with Crippen LogP contribution in [0.2, 0.25) is 5.02 Å². The van der Waals surface area contributed by atoms with E-state index in [0.29, 0.717) is 16.5 Å². The number of nitrogens with zero attached hydrogens (tertiary/aromatic N) is 4. The van der Waals surface area contributed by atoms with E-state index in [1.165, 1.54) is 4.90 Å². The van der Waals surface area contributed by atoms with Crippen LogP contribution in [-0.2, 0) is 4.79 Å². The van der Waals surface area contributed by atoms with Crippen LogP contribution < -0.4 is 0 Å². The maximum Gasteiger partial charge on any atom is 0.335 e. The molecular weight excluding hydrogens is 372 g/mol. The number of carbonyl (C=O) groups is 2. The summed E-state index contributed by atoms with van der Waals surface area (Å²) in [6.45, 7) is 0.280. The zero-order valence-electron chi connectivity index (χ0n) is 14.5. The number of aliphatic hydroxyl groups is 1. The summed E-state index contributed by atoms with van der Waals surface area (Å²) in [4.78, 5) is 29.9. The van der Waals surface area contributed by atoms with E-state index >= 15 is 0 Å². The van der Waals surface area contributed by atoms with Gasteiger partial charge in [-0.2, -0.15) is 0 Å². The smallest absolute Gasteiger partial charge is 0.335 e. The second-order valence-electron chi connectivity index (χ2n) is 7.06. The predicted molar refractivity (Wildman–Crippen MR) is 96.1 cm³/mol. The SMILES string of the molecule is O=C(c1nc(C2CC2)n(-c2ccccc2Cl)n1)N1CCC(O)(C(=O)O)CC1. The number of hydrogen-bond acceptors (Lipinski definition) is 5. The molecule has 4 rings (SSSR count). The molecule has 1 saturated carbocycles. The number of benzene rings is 1. The van der Waals surface area contributed by atoms with Gasteiger partial charge in [-0.05, 0) is 25.0 Å². The number of rotatable bonds is 4. The summed E-state index contributed by atoms with van der Waals surface area (Å²) in [5.74, 6) is -0.584. The second-order valence-corrected chi connectivity index (χ2v) is 7.47. The molecule has 142 valence electrons. The van der Waals surface area contributed by atoms with Gasteiger partial charge in [0.25, 0.3) is 5.91 Å². The van der Waals surface area contributed by atoms with E-state index in [1.54, 1.807) is 10.7 Å². The van der Waals surface area contributed by atoms with Crippen LogP contribution in [0.25, 0.3) is 5.69 Å². The van der Waals surface area contributed by atoms with Gasteiger partial charge < -0.3 is 15.1 Å². The van der Waals surface area contributed by atoms with Crippen molar-refractivity contribution < 1.29 is 19.8 Å². The first-order valence-electron chi connectivity index (χ1n) is 8.86. The summed E-state index contributed by atoms with van der Waals surface area (Å²) in [5.41, 5.74) is -1.10. The van der Waals surface area contributed by atoms with Crippen LogP contribution in [0.3, 0.4) is 0 Å². The number of piperidine rings is 1. The number of carbonyl (C=O) groups excluding carboxylic acids is 1. The van der Waals surface area contributed by atoms with E-state index in [-0.39, 0.29) is 43.6 Å². The van der Waals surface area contributed by atoms with Gasteiger partial charge in [-0.15, -0.1) is 5.10 Å². The molecule has 0 bridgehead atoms. The molecule has 1 aromatic carbocycles. The van der Waals surface area contributed by atoms with Crippen molar-refractivity contribution in [2.24, 2.45) is 0 Å². The highest BCUT2D eigenvalue weighted by Crippen LogP contribution is 2.40. The predicted octanol–water partition coefficient (Wildman–Crippen LogP) is 1.85. The molecule has 0 spiro atoms. The Morgan fingerprint density at radius 3 is 2.44 bits per heavy atom. The molecule has 27 heavy (non-hydrogen) atoms. The van der Waals surface area contributed by atoms with Crippen molar-refractivity contribution in [1.29, 1.82) is 0 Å². The number of halogens is 1. The summed E-state index contributed by atoms with van der Waals surface area (Å²) in [6.07, 6.45) is 1.95. The van der Waals surface area contributed by atoms with Gasteiger partial charge in [0.05, 0.1) is 10.7 Å². The van der Waals surface area contributed by atoms with Crippen LogP contribution in [0.4, 0.5) is 0 Å². The van der Waals surface area contributed by atoms with Gasteiger partial charge in [-0.25, -0.2) is 14.5 Å². The van der Waals surface area contributed by atoms with E-state index in [0.717, 1.165) is 12.8 Å². The fourth-order valence-corrected chi connectivity index (χ4v) is 3.47. The van der Waals surface area contributed by atoms with E-state index < -0.39 is 11.6 Å². The third-order valence-corrected chi connectivity index (χ3v) is 5.44. The molecule has 1 aliphatic carbocycles. The first-order valence-corrected chi connectivity index (χ1v) is 9.24. The van der Waals surface area contributed by atoms with Crippen molar-refractivity contribution >= 4 is 23.5 Å². The first kappa shape index (κ1) is 17.9. The topological polar surface area (TPSA) is 109 Å². The van der Waals surface area contributed by atoms with Gasteiger partial charge in [0.2, 0.25) is 5.82 Å². The molecule has 1 aliphatic heterocycles. The minimum absolute atomic E-state index is 0.0191. The van der Waals surface area contributed by atoms with E-state index in [9.17, 15) is 14.7 Å². The first-order chi connectivity index (χ1) is 12.9. The zero-order chi connectivity index (χ0) is 19.2. The zero-order valence-corrected chi connectivity index (χ0v) is 15.3. The van der Waals surface area contributed by atoms with Crippen molar-refractivity contribution in [3.63, 3.8) is 0 Å². The van der Waals surface area contributed by atoms with Crippen LogP contribution >= 0.6 is 11.6 Å². The van der Waals surface area contributed by atoms with Crippen molar-refractivity contribution in [3.05, 3.63) is 40.9 Å². The van der Waals surface area contributed by atoms with E-state index in [4.69, 9.17) is 16.7 Å². The molecule has 1 saturated heterocycles. The molecule has 8 nitrogen and oxygen atoms in total. The number of amides is 1. The summed E-state index contributed by atoms with van der Waals surface area (Å²) in [6, 6.07) is 7.25. The molecular formula is C18H19ClN4O4. The van der Waals surface area contributed by atoms with Crippen molar-refractivity contribution in [3.8, 4) is 5.69 Å². The van der Waals surface area contributed by atoms with Gasteiger partial charge in [0.1, 0.15) is 5.82 Å². The van der Waals surface area contributed by atoms with Crippen LogP contribution in [0.5, 0.6) is 0 Å². The second kappa shape index (κ2) is 6.61. The molecule has 0 atom stereocenters. The summed E-state index contributed by atoms with van der Waals surface area (Å²) in [5, 5.41) is 24.1. The number of carboxylic acid groups (broad SMARTS) is 1. The third kappa shape index (κ3) is 3.30. The van der Waals surface area contributed by atoms with Crippen molar-refractivity contribution in [1.82, 2.24) is 19.7 Å². The standard InChI is InChI=1S/C18H19ClN4O4/c19-12-3-1-2-4-13(12)23-15(11-5-6-11)20-14(21-23)16(24)22-9-7-18(27,8-10-22)17(25)26/h1-4,11,27H,5-10H2,(H,25,26). The molecule has 1 aromatic heterocycles. The Morgan fingerprint density at radius 2 is 1.85 bits per heavy atom. The molecule has 0 radical (unpaired) electrons. The molecule has 2 heterocycles. The number of hydrogen-bond donors (Lipinski definition) is 2. The van der Waals surface area contributed by atoms with E-state index in [1.807, 2.05) is 18.2 Å². The number of carboxylic acids is 1. The van der Waals surface area contributed by atoms with Gasteiger partial charge in [-0.1, -0.05) is 23.7 Å². The normalized spacial score (nSPS) is 19.1. The lowest BCUT2D eigenvalue weighted by atomic mass is 9.91. The summed E-state index contributed by atoms with van der Waals surface area (Å²) in [7, 11) is 0. The van der Waals surface area contributed by atoms with E-state index in [2.05, 4.69) is 10.1 Å². The molecule has 2 aromatic rings. The Morgan fingerprint density at radius 1 is 1.19 bits per heavy atom. The molecule has 9 heteroatoms. The lowest BCUT2D eigenvalue weighted by Gasteiger charge is -2.34. The molecule has 2 N–H and O–H groups in total. The number of aromatic nitrogens is 3. The Balaban J connectivity index is 1.60. The monoisotopic (exact) mass is 390 g/mol. The summed E-state index contributed by atoms with van der Waals surface area (Å²) >= 11 is 6.29. The lowest BCUT2D eigenvalue weighted by molar-refractivity contribution is -0.162. The maximum atomic E-state index is 12.8. The highest BCUT2D eigenvalue weighted by atomic mass is 35.5. The van der Waals surface area contributed by atoms with Crippen molar-refractivity contribution in [2.45, 2.75) is 37.2 Å². The average molecular weight is 391 g/mol. The van der Waals surface area contributed by atoms with Crippen molar-refractivity contribution in [2.75, 3.05) is 13.1 Å². The largest absolute Gasteiger partial charge is 0.479 e. The Hall–Kier alpha value is -2.45. The maximum absolute atomic E-state index is 12.8. The van der Waals surface area contributed by atoms with Crippen LogP contribution in [-0.4, -0.2) is 60.4 Å². The average Bonchev–Trinajstić information content (AvgIpc) is 3.41. The Kier molecular flexibility index (Phi) is 4.39. The Bertz CT molecular complexity index is 901. The molecule has 0 unspecified atom stereocenters. The fraction of sp³-hybridized carbons (Fsp3) is 0.444. The van der Waals surface area contributed by atoms with Gasteiger partial charge in [0.15, 0.2) is 5.60 Å². The molecule has 1 amide bonds. The van der Waals surface area contributed by atoms with Crippen LogP contribution in [0.1, 0.15) is 48.0 Å². The fourth-order valence-electron chi connectivity index (χ4n) is 3.26. The van der Waals surface area contributed by atoms with Gasteiger partial charge in [0, 0.05) is 31.8 Å². The van der Waals surface area contributed by atoms with Crippen LogP contribution in [0.15, 0.2) is 24.3 Å². The minimum atomic E-state index is -1.78.